The average Bonchev–Trinajstić information content (AvgIpc) is 2.83. The molecular weight excluding hydrogens is 294 g/mol. The normalized spacial score (nSPS) is 10.7. The number of nitrogens with zero attached hydrogens (tertiary/aromatic N) is 3. The summed E-state index contributed by atoms with van der Waals surface area (Å²) in [6.07, 6.45) is 0.802. The van der Waals surface area contributed by atoms with Crippen LogP contribution in [0.15, 0.2) is 46.9 Å². The van der Waals surface area contributed by atoms with Crippen LogP contribution < -0.4 is 0 Å². The second-order valence-electron chi connectivity index (χ2n) is 3.77. The lowest BCUT2D eigenvalue weighted by Crippen LogP contribution is -1.97. The van der Waals surface area contributed by atoms with Crippen molar-refractivity contribution < 1.29 is 4.79 Å². The standard InChI is InChI=1S/C13H8BrN3O/c14-11-6-2-1-5-10(11)13-16-15-12-7-3-4-9(8-18)17(12)13/h1-8H. The molecule has 0 bridgehead atoms. The highest BCUT2D eigenvalue weighted by Gasteiger charge is 2.12. The highest BCUT2D eigenvalue weighted by Crippen LogP contribution is 2.27. The van der Waals surface area contributed by atoms with E-state index in [1.807, 2.05) is 30.3 Å². The minimum Gasteiger partial charge on any atom is -0.296 e. The molecule has 0 saturated carbocycles. The van der Waals surface area contributed by atoms with Gasteiger partial charge in [-0.3, -0.25) is 9.20 Å². The van der Waals surface area contributed by atoms with Gasteiger partial charge in [-0.15, -0.1) is 10.2 Å². The number of benzene rings is 1. The molecule has 3 aromatic rings. The Morgan fingerprint density at radius 3 is 2.67 bits per heavy atom. The first kappa shape index (κ1) is 11.1. The zero-order valence-electron chi connectivity index (χ0n) is 9.25. The van der Waals surface area contributed by atoms with Gasteiger partial charge < -0.3 is 0 Å². The fourth-order valence-electron chi connectivity index (χ4n) is 1.88. The van der Waals surface area contributed by atoms with Gasteiger partial charge in [-0.2, -0.15) is 0 Å². The van der Waals surface area contributed by atoms with Gasteiger partial charge in [0.2, 0.25) is 0 Å². The SMILES string of the molecule is O=Cc1cccc2nnc(-c3ccccc3Br)n12. The average molecular weight is 302 g/mol. The predicted molar refractivity (Wildman–Crippen MR) is 71.5 cm³/mol. The van der Waals surface area contributed by atoms with Crippen LogP contribution in [0.1, 0.15) is 10.5 Å². The molecule has 0 aliphatic rings. The molecular formula is C13H8BrN3O. The quantitative estimate of drug-likeness (QED) is 0.684. The Hall–Kier alpha value is -2.01. The molecule has 0 saturated heterocycles. The van der Waals surface area contributed by atoms with Crippen LogP contribution in [0.3, 0.4) is 0 Å². The second kappa shape index (κ2) is 4.34. The summed E-state index contributed by atoms with van der Waals surface area (Å²) in [7, 11) is 0. The fourth-order valence-corrected chi connectivity index (χ4v) is 2.34. The molecule has 3 rings (SSSR count). The molecule has 0 N–H and O–H groups in total. The van der Waals surface area contributed by atoms with Gasteiger partial charge in [-0.1, -0.05) is 40.2 Å². The van der Waals surface area contributed by atoms with Crippen LogP contribution in [0.25, 0.3) is 17.0 Å². The van der Waals surface area contributed by atoms with Crippen LogP contribution >= 0.6 is 15.9 Å². The predicted octanol–water partition coefficient (Wildman–Crippen LogP) is 2.97. The van der Waals surface area contributed by atoms with E-state index in [1.165, 1.54) is 0 Å². The van der Waals surface area contributed by atoms with Gasteiger partial charge in [0.15, 0.2) is 17.8 Å². The largest absolute Gasteiger partial charge is 0.296 e. The summed E-state index contributed by atoms with van der Waals surface area (Å²) in [6, 6.07) is 13.1. The molecule has 0 amide bonds. The number of fused-ring (bicyclic) bond motifs is 1. The molecule has 18 heavy (non-hydrogen) atoms. The van der Waals surface area contributed by atoms with Crippen molar-refractivity contribution in [3.8, 4) is 11.4 Å². The van der Waals surface area contributed by atoms with Crippen LogP contribution in [0.4, 0.5) is 0 Å². The Labute approximate surface area is 111 Å². The highest BCUT2D eigenvalue weighted by atomic mass is 79.9. The van der Waals surface area contributed by atoms with Crippen molar-refractivity contribution in [1.82, 2.24) is 14.6 Å². The lowest BCUT2D eigenvalue weighted by molar-refractivity contribution is 0.111. The molecule has 2 heterocycles. The van der Waals surface area contributed by atoms with E-state index in [1.54, 1.807) is 16.5 Å². The summed E-state index contributed by atoms with van der Waals surface area (Å²) in [5.74, 6) is 0.653. The van der Waals surface area contributed by atoms with Gasteiger partial charge in [0.05, 0.1) is 5.69 Å². The zero-order valence-corrected chi connectivity index (χ0v) is 10.8. The zero-order chi connectivity index (χ0) is 12.5. The Morgan fingerprint density at radius 2 is 1.89 bits per heavy atom. The first-order valence-corrected chi connectivity index (χ1v) is 6.15. The van der Waals surface area contributed by atoms with Crippen molar-refractivity contribution in [2.24, 2.45) is 0 Å². The van der Waals surface area contributed by atoms with Crippen LogP contribution in [0.2, 0.25) is 0 Å². The van der Waals surface area contributed by atoms with E-state index in [4.69, 9.17) is 0 Å². The summed E-state index contributed by atoms with van der Waals surface area (Å²) in [5.41, 5.74) is 2.09. The van der Waals surface area contributed by atoms with Crippen LogP contribution in [0.5, 0.6) is 0 Å². The summed E-state index contributed by atoms with van der Waals surface area (Å²) in [5, 5.41) is 8.24. The van der Waals surface area contributed by atoms with Crippen molar-refractivity contribution in [3.05, 3.63) is 52.6 Å². The van der Waals surface area contributed by atoms with Crippen molar-refractivity contribution in [2.75, 3.05) is 0 Å². The first-order chi connectivity index (χ1) is 8.81. The van der Waals surface area contributed by atoms with E-state index in [0.717, 1.165) is 16.3 Å². The molecule has 5 heteroatoms. The maximum atomic E-state index is 11.1. The fraction of sp³-hybridized carbons (Fsp3) is 0. The highest BCUT2D eigenvalue weighted by molar-refractivity contribution is 9.10. The van der Waals surface area contributed by atoms with Gasteiger partial charge in [-0.05, 0) is 18.2 Å². The van der Waals surface area contributed by atoms with E-state index < -0.39 is 0 Å². The van der Waals surface area contributed by atoms with Gasteiger partial charge in [-0.25, -0.2) is 0 Å². The summed E-state index contributed by atoms with van der Waals surface area (Å²) < 4.78 is 2.66. The Kier molecular flexibility index (Phi) is 2.68. The van der Waals surface area contributed by atoms with Gasteiger partial charge >= 0.3 is 0 Å². The van der Waals surface area contributed by atoms with Crippen LogP contribution in [-0.2, 0) is 0 Å². The third kappa shape index (κ3) is 1.64. The number of carbonyl (C=O) groups excluding carboxylic acids is 1. The third-order valence-corrected chi connectivity index (χ3v) is 3.39. The lowest BCUT2D eigenvalue weighted by atomic mass is 10.2. The molecule has 1 aromatic carbocycles. The number of hydrogen-bond donors (Lipinski definition) is 0. The molecule has 0 spiro atoms. The Balaban J connectivity index is 2.37. The van der Waals surface area contributed by atoms with Crippen molar-refractivity contribution in [3.63, 3.8) is 0 Å². The minimum absolute atomic E-state index is 0.531. The number of aromatic nitrogens is 3. The number of pyridine rings is 1. The monoisotopic (exact) mass is 301 g/mol. The summed E-state index contributed by atoms with van der Waals surface area (Å²) >= 11 is 3.48. The molecule has 4 nitrogen and oxygen atoms in total. The lowest BCUT2D eigenvalue weighted by Gasteiger charge is -2.04. The molecule has 0 radical (unpaired) electrons. The maximum Gasteiger partial charge on any atom is 0.170 e. The van der Waals surface area contributed by atoms with E-state index >= 15 is 0 Å². The maximum absolute atomic E-state index is 11.1. The smallest absolute Gasteiger partial charge is 0.170 e. The topological polar surface area (TPSA) is 47.3 Å². The molecule has 0 aliphatic carbocycles. The number of hydrogen-bond acceptors (Lipinski definition) is 3. The van der Waals surface area contributed by atoms with Crippen LogP contribution in [0, 0.1) is 0 Å². The first-order valence-electron chi connectivity index (χ1n) is 5.35. The number of aldehydes is 1. The van der Waals surface area contributed by atoms with E-state index in [0.29, 0.717) is 17.2 Å². The van der Waals surface area contributed by atoms with E-state index in [-0.39, 0.29) is 0 Å². The summed E-state index contributed by atoms with van der Waals surface area (Å²) in [6.45, 7) is 0. The summed E-state index contributed by atoms with van der Waals surface area (Å²) in [4.78, 5) is 11.1. The Bertz CT molecular complexity index is 736. The number of rotatable bonds is 2. The minimum atomic E-state index is 0.531. The van der Waals surface area contributed by atoms with Gasteiger partial charge in [0, 0.05) is 10.0 Å². The van der Waals surface area contributed by atoms with Crippen molar-refractivity contribution >= 4 is 27.9 Å². The molecule has 0 unspecified atom stereocenters. The third-order valence-electron chi connectivity index (χ3n) is 2.69. The van der Waals surface area contributed by atoms with E-state index in [2.05, 4.69) is 26.1 Å². The molecule has 0 atom stereocenters. The van der Waals surface area contributed by atoms with Gasteiger partial charge in [0.1, 0.15) is 0 Å². The molecule has 88 valence electrons. The molecule has 0 fully saturated rings. The Morgan fingerprint density at radius 1 is 1.06 bits per heavy atom. The number of halogens is 1. The van der Waals surface area contributed by atoms with E-state index in [9.17, 15) is 4.79 Å². The number of carbonyl (C=O) groups is 1. The molecule has 0 aliphatic heterocycles. The van der Waals surface area contributed by atoms with Gasteiger partial charge in [0.25, 0.3) is 0 Å². The van der Waals surface area contributed by atoms with Crippen LogP contribution in [-0.4, -0.2) is 20.9 Å². The van der Waals surface area contributed by atoms with Crippen molar-refractivity contribution in [2.45, 2.75) is 0 Å². The van der Waals surface area contributed by atoms with Crippen molar-refractivity contribution in [1.29, 1.82) is 0 Å². The second-order valence-corrected chi connectivity index (χ2v) is 4.62. The molecule has 2 aromatic heterocycles.